The van der Waals surface area contributed by atoms with Crippen LogP contribution in [0.1, 0.15) is 27.2 Å². The quantitative estimate of drug-likeness (QED) is 0.898. The van der Waals surface area contributed by atoms with Crippen molar-refractivity contribution >= 4 is 27.1 Å². The zero-order valence-electron chi connectivity index (χ0n) is 12.8. The van der Waals surface area contributed by atoms with Crippen molar-refractivity contribution in [2.45, 2.75) is 44.2 Å². The maximum Gasteiger partial charge on any atom is 0.175 e. The third kappa shape index (κ3) is 3.35. The van der Waals surface area contributed by atoms with Gasteiger partial charge in [0.2, 0.25) is 0 Å². The molecule has 118 valence electrons. The van der Waals surface area contributed by atoms with Crippen LogP contribution in [0, 0.1) is 5.41 Å². The molecule has 0 saturated heterocycles. The second kappa shape index (κ2) is 5.78. The van der Waals surface area contributed by atoms with Crippen LogP contribution in [0.15, 0.2) is 23.1 Å². The first-order valence-corrected chi connectivity index (χ1v) is 9.31. The van der Waals surface area contributed by atoms with E-state index >= 15 is 0 Å². The van der Waals surface area contributed by atoms with Gasteiger partial charge >= 0.3 is 0 Å². The molecule has 0 aliphatic heterocycles. The molecule has 0 radical (unpaired) electrons. The van der Waals surface area contributed by atoms with E-state index < -0.39 is 9.84 Å². The lowest BCUT2D eigenvalue weighted by molar-refractivity contribution is -0.0975. The van der Waals surface area contributed by atoms with Crippen molar-refractivity contribution < 1.29 is 13.2 Å². The first-order chi connectivity index (χ1) is 9.66. The third-order valence-corrected chi connectivity index (χ3v) is 5.68. The van der Waals surface area contributed by atoms with Gasteiger partial charge in [0.15, 0.2) is 9.84 Å². The van der Waals surface area contributed by atoms with Gasteiger partial charge in [-0.3, -0.25) is 0 Å². The Bertz CT molecular complexity index is 628. The average molecular weight is 332 g/mol. The van der Waals surface area contributed by atoms with Gasteiger partial charge in [-0.2, -0.15) is 0 Å². The highest BCUT2D eigenvalue weighted by molar-refractivity contribution is 7.90. The smallest absolute Gasteiger partial charge is 0.175 e. The monoisotopic (exact) mass is 331 g/mol. The Morgan fingerprint density at radius 3 is 2.62 bits per heavy atom. The first kappa shape index (κ1) is 16.6. The lowest BCUT2D eigenvalue weighted by atomic mass is 9.64. The maximum absolute atomic E-state index is 11.6. The highest BCUT2D eigenvalue weighted by Gasteiger charge is 2.49. The van der Waals surface area contributed by atoms with Crippen LogP contribution in [0.3, 0.4) is 0 Å². The predicted molar refractivity (Wildman–Crippen MR) is 85.8 cm³/mol. The zero-order chi connectivity index (χ0) is 15.8. The number of hydrogen-bond donors (Lipinski definition) is 1. The van der Waals surface area contributed by atoms with Crippen molar-refractivity contribution in [2.75, 3.05) is 18.2 Å². The number of sulfone groups is 1. The lowest BCUT2D eigenvalue weighted by Crippen LogP contribution is -2.58. The van der Waals surface area contributed by atoms with E-state index in [0.717, 1.165) is 6.42 Å². The van der Waals surface area contributed by atoms with Gasteiger partial charge < -0.3 is 10.1 Å². The van der Waals surface area contributed by atoms with Gasteiger partial charge in [-0.25, -0.2) is 8.42 Å². The molecule has 21 heavy (non-hydrogen) atoms. The summed E-state index contributed by atoms with van der Waals surface area (Å²) in [4.78, 5) is 0.271. The molecule has 1 N–H and O–H groups in total. The minimum atomic E-state index is -3.24. The highest BCUT2D eigenvalue weighted by Crippen LogP contribution is 2.45. The predicted octanol–water partition coefficient (Wildman–Crippen LogP) is 3.36. The Morgan fingerprint density at radius 1 is 1.43 bits per heavy atom. The Morgan fingerprint density at radius 2 is 2.10 bits per heavy atom. The van der Waals surface area contributed by atoms with Gasteiger partial charge in [0.25, 0.3) is 0 Å². The summed E-state index contributed by atoms with van der Waals surface area (Å²) < 4.78 is 29.0. The molecule has 2 unspecified atom stereocenters. The summed E-state index contributed by atoms with van der Waals surface area (Å²) >= 11 is 6.17. The molecule has 0 bridgehead atoms. The van der Waals surface area contributed by atoms with Gasteiger partial charge in [-0.1, -0.05) is 25.4 Å². The topological polar surface area (TPSA) is 55.4 Å². The Kier molecular flexibility index (Phi) is 4.57. The van der Waals surface area contributed by atoms with E-state index in [1.165, 1.54) is 12.3 Å². The molecular formula is C15H22ClNO3S. The molecule has 1 saturated carbocycles. The van der Waals surface area contributed by atoms with Gasteiger partial charge in [-0.15, -0.1) is 0 Å². The summed E-state index contributed by atoms with van der Waals surface area (Å²) in [6, 6.07) is 4.95. The number of benzene rings is 1. The maximum atomic E-state index is 11.6. The Labute approximate surface area is 131 Å². The standard InChI is InChI=1S/C15H22ClNO3S/c1-5-20-14-9-13(15(14,2)3)17-12-8-10(21(4,18)19)6-7-11(12)16/h6-8,13-14,17H,5,9H2,1-4H3. The van der Waals surface area contributed by atoms with Crippen molar-refractivity contribution in [2.24, 2.45) is 5.41 Å². The number of halogens is 1. The summed E-state index contributed by atoms with van der Waals surface area (Å²) in [6.45, 7) is 6.97. The van der Waals surface area contributed by atoms with Gasteiger partial charge in [0, 0.05) is 24.3 Å². The number of nitrogens with one attached hydrogen (secondary N) is 1. The molecule has 0 heterocycles. The molecule has 2 rings (SSSR count). The van der Waals surface area contributed by atoms with Crippen LogP contribution in [0.25, 0.3) is 0 Å². The van der Waals surface area contributed by atoms with E-state index in [9.17, 15) is 8.42 Å². The highest BCUT2D eigenvalue weighted by atomic mass is 35.5. The van der Waals surface area contributed by atoms with Crippen LogP contribution in [0.2, 0.25) is 5.02 Å². The minimum absolute atomic E-state index is 0.0135. The average Bonchev–Trinajstić information content (AvgIpc) is 2.38. The zero-order valence-corrected chi connectivity index (χ0v) is 14.4. The molecule has 1 fully saturated rings. The van der Waals surface area contributed by atoms with E-state index in [0.29, 0.717) is 17.3 Å². The number of hydrogen-bond acceptors (Lipinski definition) is 4. The van der Waals surface area contributed by atoms with E-state index in [1.54, 1.807) is 12.1 Å². The fraction of sp³-hybridized carbons (Fsp3) is 0.600. The molecule has 0 spiro atoms. The largest absolute Gasteiger partial charge is 0.380 e. The molecule has 2 atom stereocenters. The van der Waals surface area contributed by atoms with Crippen LogP contribution < -0.4 is 5.32 Å². The van der Waals surface area contributed by atoms with Gasteiger partial charge in [0.1, 0.15) is 0 Å². The number of rotatable bonds is 5. The van der Waals surface area contributed by atoms with Crippen LogP contribution in [-0.2, 0) is 14.6 Å². The molecule has 6 heteroatoms. The summed E-state index contributed by atoms with van der Waals surface area (Å²) in [5.74, 6) is 0. The van der Waals surface area contributed by atoms with Crippen molar-refractivity contribution in [3.8, 4) is 0 Å². The van der Waals surface area contributed by atoms with Crippen LogP contribution >= 0.6 is 11.6 Å². The second-order valence-electron chi connectivity index (χ2n) is 6.11. The number of ether oxygens (including phenoxy) is 1. The SMILES string of the molecule is CCOC1CC(Nc2cc(S(C)(=O)=O)ccc2Cl)C1(C)C. The Hall–Kier alpha value is -0.780. The fourth-order valence-corrected chi connectivity index (χ4v) is 3.47. The molecule has 1 aromatic rings. The summed E-state index contributed by atoms with van der Waals surface area (Å²) in [5.41, 5.74) is 0.646. The van der Waals surface area contributed by atoms with E-state index in [4.69, 9.17) is 16.3 Å². The molecule has 4 nitrogen and oxygen atoms in total. The fourth-order valence-electron chi connectivity index (χ4n) is 2.65. The summed E-state index contributed by atoms with van der Waals surface area (Å²) in [6.07, 6.45) is 2.30. The lowest BCUT2D eigenvalue weighted by Gasteiger charge is -2.52. The van der Waals surface area contributed by atoms with Crippen LogP contribution in [0.4, 0.5) is 5.69 Å². The van der Waals surface area contributed by atoms with Crippen molar-refractivity contribution in [1.29, 1.82) is 0 Å². The molecular weight excluding hydrogens is 310 g/mol. The van der Waals surface area contributed by atoms with Gasteiger partial charge in [-0.05, 0) is 31.5 Å². The van der Waals surface area contributed by atoms with Crippen molar-refractivity contribution in [3.63, 3.8) is 0 Å². The molecule has 1 aliphatic rings. The van der Waals surface area contributed by atoms with Crippen molar-refractivity contribution in [3.05, 3.63) is 23.2 Å². The summed E-state index contributed by atoms with van der Waals surface area (Å²) in [7, 11) is -3.24. The normalized spacial score (nSPS) is 24.4. The minimum Gasteiger partial charge on any atom is -0.380 e. The number of anilines is 1. The van der Waals surface area contributed by atoms with Crippen molar-refractivity contribution in [1.82, 2.24) is 0 Å². The molecule has 1 aromatic carbocycles. The second-order valence-corrected chi connectivity index (χ2v) is 8.53. The molecule has 0 aromatic heterocycles. The third-order valence-electron chi connectivity index (χ3n) is 4.24. The first-order valence-electron chi connectivity index (χ1n) is 7.04. The molecule has 0 amide bonds. The van der Waals surface area contributed by atoms with E-state index in [1.807, 2.05) is 6.92 Å². The molecule has 1 aliphatic carbocycles. The van der Waals surface area contributed by atoms with Crippen LogP contribution in [0.5, 0.6) is 0 Å². The van der Waals surface area contributed by atoms with Gasteiger partial charge in [0.05, 0.1) is 21.7 Å². The summed E-state index contributed by atoms with van der Waals surface area (Å²) in [5, 5.41) is 3.89. The van der Waals surface area contributed by atoms with E-state index in [-0.39, 0.29) is 22.5 Å². The van der Waals surface area contributed by atoms with E-state index in [2.05, 4.69) is 19.2 Å². The van der Waals surface area contributed by atoms with Crippen LogP contribution in [-0.4, -0.2) is 33.4 Å². The Balaban J connectivity index is 2.18.